The van der Waals surface area contributed by atoms with Crippen molar-refractivity contribution >= 4 is 24.4 Å². The van der Waals surface area contributed by atoms with Crippen molar-refractivity contribution in [3.63, 3.8) is 0 Å². The highest BCUT2D eigenvalue weighted by atomic mass is 32.2. The van der Waals surface area contributed by atoms with E-state index in [1.165, 1.54) is 44.3 Å². The molecular weight excluding hydrogens is 274 g/mol. The topological polar surface area (TPSA) is 30.7 Å². The average molecular weight is 297 g/mol. The molecule has 19 heavy (non-hydrogen) atoms. The third kappa shape index (κ3) is 3.30. The molecule has 0 N–H and O–H groups in total. The van der Waals surface area contributed by atoms with Gasteiger partial charge >= 0.3 is 0 Å². The summed E-state index contributed by atoms with van der Waals surface area (Å²) in [6.45, 7) is 2.25. The minimum absolute atomic E-state index is 0.701. The van der Waals surface area contributed by atoms with E-state index in [4.69, 9.17) is 0 Å². The number of thioether (sulfide) groups is 1. The molecule has 0 saturated heterocycles. The molecule has 3 rings (SSSR count). The Kier molecular flexibility index (Phi) is 4.42. The molecule has 1 atom stereocenters. The largest absolute Gasteiger partial charge is 0.303 e. The average Bonchev–Trinajstić information content (AvgIpc) is 3.33. The lowest BCUT2D eigenvalue weighted by molar-refractivity contribution is 0.590. The van der Waals surface area contributed by atoms with Crippen LogP contribution in [-0.4, -0.2) is 26.3 Å². The standard InChI is InChI=1S/C14H23N3S2/c1-2-3-10(8-18)9-19-14-16-15-13(11-4-5-11)17(14)12-6-7-12/h10-12,18H,2-9H2,1H3. The third-order valence-corrected chi connectivity index (χ3v) is 5.64. The van der Waals surface area contributed by atoms with Gasteiger partial charge in [0, 0.05) is 17.7 Å². The second-order valence-electron chi connectivity index (χ2n) is 5.86. The van der Waals surface area contributed by atoms with E-state index in [9.17, 15) is 0 Å². The van der Waals surface area contributed by atoms with Crippen molar-refractivity contribution in [3.05, 3.63) is 5.82 Å². The first-order valence-electron chi connectivity index (χ1n) is 7.52. The maximum atomic E-state index is 4.47. The van der Waals surface area contributed by atoms with Gasteiger partial charge in [-0.2, -0.15) is 12.6 Å². The molecule has 0 aromatic carbocycles. The van der Waals surface area contributed by atoms with Crippen molar-refractivity contribution in [1.82, 2.24) is 14.8 Å². The SMILES string of the molecule is CCCC(CS)CSc1nnc(C2CC2)n1C1CC1. The summed E-state index contributed by atoms with van der Waals surface area (Å²) >= 11 is 6.36. The maximum Gasteiger partial charge on any atom is 0.191 e. The van der Waals surface area contributed by atoms with Crippen molar-refractivity contribution < 1.29 is 0 Å². The van der Waals surface area contributed by atoms with E-state index in [-0.39, 0.29) is 0 Å². The molecule has 3 nitrogen and oxygen atoms in total. The van der Waals surface area contributed by atoms with Gasteiger partial charge in [-0.1, -0.05) is 25.1 Å². The van der Waals surface area contributed by atoms with Gasteiger partial charge in [-0.05, 0) is 43.8 Å². The van der Waals surface area contributed by atoms with Gasteiger partial charge in [-0.15, -0.1) is 10.2 Å². The van der Waals surface area contributed by atoms with Crippen LogP contribution in [0.3, 0.4) is 0 Å². The minimum Gasteiger partial charge on any atom is -0.303 e. The Hall–Kier alpha value is -0.160. The van der Waals surface area contributed by atoms with Crippen LogP contribution in [0.15, 0.2) is 5.16 Å². The van der Waals surface area contributed by atoms with Gasteiger partial charge < -0.3 is 4.57 Å². The van der Waals surface area contributed by atoms with E-state index < -0.39 is 0 Å². The molecular formula is C14H23N3S2. The zero-order chi connectivity index (χ0) is 13.2. The lowest BCUT2D eigenvalue weighted by Gasteiger charge is -2.13. The van der Waals surface area contributed by atoms with Crippen molar-refractivity contribution in [3.8, 4) is 0 Å². The first-order valence-corrected chi connectivity index (χ1v) is 9.13. The molecule has 1 aromatic rings. The van der Waals surface area contributed by atoms with Crippen LogP contribution in [0.4, 0.5) is 0 Å². The van der Waals surface area contributed by atoms with Gasteiger partial charge in [0.25, 0.3) is 0 Å². The van der Waals surface area contributed by atoms with E-state index >= 15 is 0 Å². The molecule has 0 spiro atoms. The summed E-state index contributed by atoms with van der Waals surface area (Å²) in [7, 11) is 0. The van der Waals surface area contributed by atoms with Crippen LogP contribution in [0.2, 0.25) is 0 Å². The second-order valence-corrected chi connectivity index (χ2v) is 7.22. The Bertz CT molecular complexity index is 424. The van der Waals surface area contributed by atoms with E-state index in [1.54, 1.807) is 0 Å². The molecule has 2 fully saturated rings. The highest BCUT2D eigenvalue weighted by molar-refractivity contribution is 7.99. The quantitative estimate of drug-likeness (QED) is 0.582. The molecule has 1 aromatic heterocycles. The molecule has 1 unspecified atom stereocenters. The van der Waals surface area contributed by atoms with Crippen LogP contribution in [0.1, 0.15) is 63.2 Å². The fraction of sp³-hybridized carbons (Fsp3) is 0.857. The van der Waals surface area contributed by atoms with Crippen molar-refractivity contribution in [2.75, 3.05) is 11.5 Å². The Morgan fingerprint density at radius 1 is 1.32 bits per heavy atom. The molecule has 5 heteroatoms. The summed E-state index contributed by atoms with van der Waals surface area (Å²) in [6.07, 6.45) is 7.76. The maximum absolute atomic E-state index is 4.47. The normalized spacial score (nSPS) is 20.7. The predicted molar refractivity (Wildman–Crippen MR) is 83.2 cm³/mol. The van der Waals surface area contributed by atoms with Crippen LogP contribution in [-0.2, 0) is 0 Å². The fourth-order valence-electron chi connectivity index (χ4n) is 2.51. The molecule has 2 aliphatic carbocycles. The highest BCUT2D eigenvalue weighted by Gasteiger charge is 2.36. The van der Waals surface area contributed by atoms with Crippen LogP contribution in [0.5, 0.6) is 0 Å². The molecule has 2 saturated carbocycles. The van der Waals surface area contributed by atoms with Crippen LogP contribution < -0.4 is 0 Å². The summed E-state index contributed by atoms with van der Waals surface area (Å²) in [6, 6.07) is 0.703. The van der Waals surface area contributed by atoms with Crippen LogP contribution >= 0.6 is 24.4 Å². The number of hydrogen-bond acceptors (Lipinski definition) is 4. The number of rotatable bonds is 8. The molecule has 2 aliphatic rings. The van der Waals surface area contributed by atoms with E-state index in [0.29, 0.717) is 17.9 Å². The van der Waals surface area contributed by atoms with Gasteiger partial charge in [0.2, 0.25) is 0 Å². The Balaban J connectivity index is 1.66. The zero-order valence-corrected chi connectivity index (χ0v) is 13.3. The number of thiol groups is 1. The number of aromatic nitrogens is 3. The fourth-order valence-corrected chi connectivity index (χ4v) is 4.15. The van der Waals surface area contributed by atoms with Gasteiger partial charge in [0.15, 0.2) is 5.16 Å². The molecule has 0 radical (unpaired) electrons. The van der Waals surface area contributed by atoms with E-state index in [2.05, 4.69) is 34.3 Å². The van der Waals surface area contributed by atoms with Gasteiger partial charge in [0.05, 0.1) is 0 Å². The van der Waals surface area contributed by atoms with E-state index in [1.807, 2.05) is 11.8 Å². The smallest absolute Gasteiger partial charge is 0.191 e. The first kappa shape index (κ1) is 13.8. The van der Waals surface area contributed by atoms with Gasteiger partial charge in [-0.25, -0.2) is 0 Å². The summed E-state index contributed by atoms with van der Waals surface area (Å²) in [5, 5.41) is 10.1. The minimum atomic E-state index is 0.701. The number of hydrogen-bond donors (Lipinski definition) is 1. The molecule has 0 aliphatic heterocycles. The molecule has 106 valence electrons. The summed E-state index contributed by atoms with van der Waals surface area (Å²) in [4.78, 5) is 0. The van der Waals surface area contributed by atoms with Gasteiger partial charge in [0.1, 0.15) is 5.82 Å². The lowest BCUT2D eigenvalue weighted by Crippen LogP contribution is -2.07. The van der Waals surface area contributed by atoms with Crippen molar-refractivity contribution in [2.45, 2.75) is 62.6 Å². The molecule has 0 amide bonds. The zero-order valence-electron chi connectivity index (χ0n) is 11.6. The monoisotopic (exact) mass is 297 g/mol. The first-order chi connectivity index (χ1) is 9.33. The lowest BCUT2D eigenvalue weighted by atomic mass is 10.1. The Morgan fingerprint density at radius 3 is 2.68 bits per heavy atom. The third-order valence-electron chi connectivity index (χ3n) is 3.95. The summed E-state index contributed by atoms with van der Waals surface area (Å²) in [5.74, 6) is 4.79. The van der Waals surface area contributed by atoms with Crippen LogP contribution in [0.25, 0.3) is 0 Å². The van der Waals surface area contributed by atoms with E-state index in [0.717, 1.165) is 16.7 Å². The molecule has 0 bridgehead atoms. The number of nitrogens with zero attached hydrogens (tertiary/aromatic N) is 3. The van der Waals surface area contributed by atoms with Crippen molar-refractivity contribution in [2.24, 2.45) is 5.92 Å². The summed E-state index contributed by atoms with van der Waals surface area (Å²) in [5.41, 5.74) is 0. The Labute approximate surface area is 125 Å². The Morgan fingerprint density at radius 2 is 2.11 bits per heavy atom. The summed E-state index contributed by atoms with van der Waals surface area (Å²) < 4.78 is 2.45. The van der Waals surface area contributed by atoms with Crippen molar-refractivity contribution in [1.29, 1.82) is 0 Å². The predicted octanol–water partition coefficient (Wildman–Crippen LogP) is 3.93. The van der Waals surface area contributed by atoms with Gasteiger partial charge in [-0.3, -0.25) is 0 Å². The van der Waals surface area contributed by atoms with Crippen LogP contribution in [0, 0.1) is 5.92 Å². The highest BCUT2D eigenvalue weighted by Crippen LogP contribution is 2.46. The molecule has 1 heterocycles. The second kappa shape index (κ2) is 6.08.